The molecule has 3 rings (SSSR count). The van der Waals surface area contributed by atoms with E-state index in [4.69, 9.17) is 0 Å². The standard InChI is InChI=1S/C22H20N2O2/c1-16-6-8-17(9-7-16)22(20-12-10-18(23-20)4-2-14-25)21-13-11-19(24-21)5-3-15-26/h2-15,22-24H,1H3/b4-2+,5-3+. The van der Waals surface area contributed by atoms with E-state index in [-0.39, 0.29) is 5.92 Å². The molecule has 0 aliphatic heterocycles. The number of H-pyrrole nitrogens is 2. The van der Waals surface area contributed by atoms with Crippen LogP contribution in [-0.2, 0) is 9.59 Å². The van der Waals surface area contributed by atoms with Crippen molar-refractivity contribution in [1.82, 2.24) is 9.97 Å². The van der Waals surface area contributed by atoms with Gasteiger partial charge in [0.1, 0.15) is 12.6 Å². The summed E-state index contributed by atoms with van der Waals surface area (Å²) in [5.74, 6) is -0.00707. The Labute approximate surface area is 152 Å². The van der Waals surface area contributed by atoms with Gasteiger partial charge in [-0.2, -0.15) is 0 Å². The number of benzene rings is 1. The fourth-order valence-corrected chi connectivity index (χ4v) is 2.96. The van der Waals surface area contributed by atoms with Gasteiger partial charge in [-0.15, -0.1) is 0 Å². The largest absolute Gasteiger partial charge is 0.358 e. The van der Waals surface area contributed by atoms with Gasteiger partial charge in [-0.3, -0.25) is 9.59 Å². The molecule has 1 aromatic carbocycles. The van der Waals surface area contributed by atoms with Gasteiger partial charge in [-0.25, -0.2) is 0 Å². The van der Waals surface area contributed by atoms with Crippen LogP contribution >= 0.6 is 0 Å². The monoisotopic (exact) mass is 344 g/mol. The van der Waals surface area contributed by atoms with Crippen molar-refractivity contribution in [2.24, 2.45) is 0 Å². The summed E-state index contributed by atoms with van der Waals surface area (Å²) in [4.78, 5) is 27.8. The molecule has 3 aromatic rings. The zero-order chi connectivity index (χ0) is 18.4. The lowest BCUT2D eigenvalue weighted by Crippen LogP contribution is -2.04. The molecule has 2 aromatic heterocycles. The third-order valence-electron chi connectivity index (χ3n) is 4.20. The second-order valence-corrected chi connectivity index (χ2v) is 6.07. The number of aldehydes is 2. The van der Waals surface area contributed by atoms with E-state index in [1.807, 2.05) is 24.3 Å². The predicted octanol–water partition coefficient (Wildman–Crippen LogP) is 4.26. The molecule has 130 valence electrons. The number of rotatable bonds is 7. The Morgan fingerprint density at radius 1 is 0.731 bits per heavy atom. The highest BCUT2D eigenvalue weighted by Gasteiger charge is 2.19. The fourth-order valence-electron chi connectivity index (χ4n) is 2.96. The van der Waals surface area contributed by atoms with Crippen LogP contribution in [0.1, 0.15) is 39.8 Å². The van der Waals surface area contributed by atoms with Gasteiger partial charge in [0.05, 0.1) is 5.92 Å². The van der Waals surface area contributed by atoms with E-state index in [2.05, 4.69) is 41.2 Å². The molecule has 26 heavy (non-hydrogen) atoms. The number of aromatic nitrogens is 2. The number of hydrogen-bond acceptors (Lipinski definition) is 2. The molecule has 0 aliphatic rings. The van der Waals surface area contributed by atoms with Crippen molar-refractivity contribution in [1.29, 1.82) is 0 Å². The minimum Gasteiger partial charge on any atom is -0.358 e. The van der Waals surface area contributed by atoms with Gasteiger partial charge >= 0.3 is 0 Å². The Bertz CT molecular complexity index is 886. The average Bonchev–Trinajstić information content (AvgIpc) is 3.30. The minimum absolute atomic E-state index is 0.00707. The van der Waals surface area contributed by atoms with Crippen LogP contribution < -0.4 is 0 Å². The van der Waals surface area contributed by atoms with E-state index < -0.39 is 0 Å². The van der Waals surface area contributed by atoms with Crippen LogP contribution in [0.25, 0.3) is 12.2 Å². The lowest BCUT2D eigenvalue weighted by Gasteiger charge is -2.16. The van der Waals surface area contributed by atoms with Crippen LogP contribution in [-0.4, -0.2) is 22.5 Å². The average molecular weight is 344 g/mol. The lowest BCUT2D eigenvalue weighted by molar-refractivity contribution is -0.104. The quantitative estimate of drug-likeness (QED) is 0.497. The Hall–Kier alpha value is -3.40. The number of aryl methyl sites for hydroxylation is 1. The summed E-state index contributed by atoms with van der Waals surface area (Å²) >= 11 is 0. The second-order valence-electron chi connectivity index (χ2n) is 6.07. The molecule has 2 N–H and O–H groups in total. The summed E-state index contributed by atoms with van der Waals surface area (Å²) in [5, 5.41) is 0. The molecular weight excluding hydrogens is 324 g/mol. The van der Waals surface area contributed by atoms with E-state index in [1.54, 1.807) is 12.2 Å². The highest BCUT2D eigenvalue weighted by atomic mass is 16.1. The van der Waals surface area contributed by atoms with Crippen molar-refractivity contribution in [3.05, 3.63) is 94.6 Å². The van der Waals surface area contributed by atoms with Crippen molar-refractivity contribution in [2.75, 3.05) is 0 Å². The Morgan fingerprint density at radius 2 is 1.23 bits per heavy atom. The van der Waals surface area contributed by atoms with Gasteiger partial charge < -0.3 is 9.97 Å². The third-order valence-corrected chi connectivity index (χ3v) is 4.20. The molecule has 0 spiro atoms. The molecule has 0 bridgehead atoms. The van der Waals surface area contributed by atoms with E-state index in [0.29, 0.717) is 0 Å². The van der Waals surface area contributed by atoms with Gasteiger partial charge in [0.15, 0.2) is 0 Å². The summed E-state index contributed by atoms with van der Waals surface area (Å²) in [6, 6.07) is 16.4. The van der Waals surface area contributed by atoms with Crippen molar-refractivity contribution in [3.8, 4) is 0 Å². The lowest BCUT2D eigenvalue weighted by atomic mass is 9.92. The molecule has 0 atom stereocenters. The molecule has 0 aliphatic carbocycles. The molecule has 4 heteroatoms. The minimum atomic E-state index is -0.00707. The Kier molecular flexibility index (Phi) is 5.44. The number of carbonyl (C=O) groups is 2. The zero-order valence-electron chi connectivity index (χ0n) is 14.5. The SMILES string of the molecule is Cc1ccc(C(c2ccc(/C=C/C=O)[nH]2)c2ccc(/C=C/C=O)[nH]2)cc1. The van der Waals surface area contributed by atoms with Crippen LogP contribution in [0.4, 0.5) is 0 Å². The van der Waals surface area contributed by atoms with E-state index in [1.165, 1.54) is 17.7 Å². The van der Waals surface area contributed by atoms with Crippen LogP contribution in [0.3, 0.4) is 0 Å². The third kappa shape index (κ3) is 3.98. The Morgan fingerprint density at radius 3 is 1.69 bits per heavy atom. The molecule has 0 saturated carbocycles. The number of hydrogen-bond donors (Lipinski definition) is 2. The number of aromatic amines is 2. The van der Waals surface area contributed by atoms with E-state index in [0.717, 1.165) is 40.9 Å². The Balaban J connectivity index is 2.03. The highest BCUT2D eigenvalue weighted by Crippen LogP contribution is 2.31. The maximum atomic E-state index is 10.5. The number of allylic oxidation sites excluding steroid dienone is 2. The van der Waals surface area contributed by atoms with Gasteiger partial charge in [0, 0.05) is 22.8 Å². The molecule has 0 fully saturated rings. The first-order valence-corrected chi connectivity index (χ1v) is 8.39. The first kappa shape index (κ1) is 17.4. The van der Waals surface area contributed by atoms with Crippen LogP contribution in [0.2, 0.25) is 0 Å². The molecule has 2 heterocycles. The molecular formula is C22H20N2O2. The summed E-state index contributed by atoms with van der Waals surface area (Å²) in [6.07, 6.45) is 7.94. The summed E-state index contributed by atoms with van der Waals surface area (Å²) in [7, 11) is 0. The second kappa shape index (κ2) is 8.12. The van der Waals surface area contributed by atoms with Crippen molar-refractivity contribution in [2.45, 2.75) is 12.8 Å². The van der Waals surface area contributed by atoms with Crippen LogP contribution in [0, 0.1) is 6.92 Å². The maximum Gasteiger partial charge on any atom is 0.142 e. The number of carbonyl (C=O) groups excluding carboxylic acids is 2. The van der Waals surface area contributed by atoms with Gasteiger partial charge in [0.25, 0.3) is 0 Å². The van der Waals surface area contributed by atoms with Crippen molar-refractivity contribution in [3.63, 3.8) is 0 Å². The summed E-state index contributed by atoms with van der Waals surface area (Å²) in [5.41, 5.74) is 6.14. The first-order valence-electron chi connectivity index (χ1n) is 8.39. The van der Waals surface area contributed by atoms with Crippen molar-refractivity contribution >= 4 is 24.7 Å². The molecule has 0 saturated heterocycles. The van der Waals surface area contributed by atoms with Crippen molar-refractivity contribution < 1.29 is 9.59 Å². The molecule has 0 radical (unpaired) electrons. The molecule has 4 nitrogen and oxygen atoms in total. The summed E-state index contributed by atoms with van der Waals surface area (Å²) < 4.78 is 0. The van der Waals surface area contributed by atoms with Gasteiger partial charge in [0.2, 0.25) is 0 Å². The highest BCUT2D eigenvalue weighted by molar-refractivity contribution is 5.73. The topological polar surface area (TPSA) is 65.7 Å². The van der Waals surface area contributed by atoms with Gasteiger partial charge in [-0.1, -0.05) is 29.8 Å². The normalized spacial score (nSPS) is 11.6. The first-order chi connectivity index (χ1) is 12.7. The predicted molar refractivity (Wildman–Crippen MR) is 104 cm³/mol. The smallest absolute Gasteiger partial charge is 0.142 e. The van der Waals surface area contributed by atoms with E-state index >= 15 is 0 Å². The molecule has 0 unspecified atom stereocenters. The maximum absolute atomic E-state index is 10.5. The van der Waals surface area contributed by atoms with E-state index in [9.17, 15) is 9.59 Å². The number of nitrogens with one attached hydrogen (secondary N) is 2. The zero-order valence-corrected chi connectivity index (χ0v) is 14.5. The fraction of sp³-hybridized carbons (Fsp3) is 0.0909. The van der Waals surface area contributed by atoms with Crippen LogP contribution in [0.5, 0.6) is 0 Å². The van der Waals surface area contributed by atoms with Crippen LogP contribution in [0.15, 0.2) is 60.7 Å². The van der Waals surface area contributed by atoms with Gasteiger partial charge in [-0.05, 0) is 61.1 Å². The molecule has 0 amide bonds. The summed E-state index contributed by atoms with van der Waals surface area (Å²) in [6.45, 7) is 2.06.